The van der Waals surface area contributed by atoms with Gasteiger partial charge in [0.25, 0.3) is 0 Å². The lowest BCUT2D eigenvalue weighted by atomic mass is 9.91. The van der Waals surface area contributed by atoms with E-state index in [2.05, 4.69) is 4.98 Å². The average Bonchev–Trinajstić information content (AvgIpc) is 3.40. The number of nitrogens with zero attached hydrogens (tertiary/aromatic N) is 4. The molecule has 1 aliphatic heterocycles. The molecule has 6 rings (SSSR count). The van der Waals surface area contributed by atoms with Crippen molar-refractivity contribution < 1.29 is 23.8 Å². The molecular weight excluding hydrogens is 559 g/mol. The summed E-state index contributed by atoms with van der Waals surface area (Å²) in [6, 6.07) is 15.3. The molecule has 0 saturated heterocycles. The number of benzene rings is 2. The molecule has 1 atom stereocenters. The minimum atomic E-state index is -1.37. The smallest absolute Gasteiger partial charge is 0.337 e. The third-order valence-corrected chi connectivity index (χ3v) is 7.87. The number of carboxylic acids is 1. The highest BCUT2D eigenvalue weighted by Crippen LogP contribution is 2.42. The highest BCUT2D eigenvalue weighted by atomic mass is 19.1. The quantitative estimate of drug-likeness (QED) is 0.218. The first-order valence-electron chi connectivity index (χ1n) is 14.7. The molecular formula is C35H35FN4O4. The lowest BCUT2D eigenvalue weighted by Crippen LogP contribution is -2.29. The van der Waals surface area contributed by atoms with Crippen molar-refractivity contribution in [3.8, 4) is 39.4 Å². The molecule has 0 radical (unpaired) electrons. The highest BCUT2D eigenvalue weighted by molar-refractivity contribution is 5.83. The van der Waals surface area contributed by atoms with Crippen LogP contribution in [0.1, 0.15) is 61.4 Å². The number of aromatic nitrogens is 4. The Hall–Kier alpha value is -4.63. The molecule has 5 aromatic rings. The highest BCUT2D eigenvalue weighted by Gasteiger charge is 2.34. The van der Waals surface area contributed by atoms with Crippen LogP contribution < -0.4 is 4.74 Å². The third-order valence-electron chi connectivity index (χ3n) is 7.87. The van der Waals surface area contributed by atoms with Gasteiger partial charge in [0.05, 0.1) is 23.6 Å². The molecule has 1 N–H and O–H groups in total. The Morgan fingerprint density at radius 1 is 1.07 bits per heavy atom. The normalized spacial score (nSPS) is 13.9. The van der Waals surface area contributed by atoms with Gasteiger partial charge in [-0.2, -0.15) is 5.10 Å². The third kappa shape index (κ3) is 5.43. The maximum atomic E-state index is 15.6. The molecule has 0 saturated carbocycles. The van der Waals surface area contributed by atoms with Crippen LogP contribution in [0.5, 0.6) is 5.75 Å². The maximum absolute atomic E-state index is 15.6. The molecule has 9 heteroatoms. The van der Waals surface area contributed by atoms with Crippen molar-refractivity contribution in [1.82, 2.24) is 19.6 Å². The van der Waals surface area contributed by atoms with Gasteiger partial charge in [-0.05, 0) is 95.3 Å². The van der Waals surface area contributed by atoms with Crippen LogP contribution in [-0.2, 0) is 16.0 Å². The first-order valence-corrected chi connectivity index (χ1v) is 14.7. The maximum Gasteiger partial charge on any atom is 0.337 e. The monoisotopic (exact) mass is 594 g/mol. The van der Waals surface area contributed by atoms with E-state index in [0.717, 1.165) is 39.9 Å². The largest absolute Gasteiger partial charge is 0.490 e. The zero-order valence-electron chi connectivity index (χ0n) is 25.7. The Morgan fingerprint density at radius 2 is 1.82 bits per heavy atom. The number of hydrogen-bond donors (Lipinski definition) is 1. The summed E-state index contributed by atoms with van der Waals surface area (Å²) in [5.74, 6) is -1.41. The minimum absolute atomic E-state index is 0.256. The number of fused-ring (bicyclic) bond motifs is 2. The van der Waals surface area contributed by atoms with E-state index in [1.807, 2.05) is 56.3 Å². The van der Waals surface area contributed by atoms with Crippen molar-refractivity contribution >= 4 is 11.6 Å². The van der Waals surface area contributed by atoms with E-state index >= 15 is 4.39 Å². The molecule has 0 aliphatic carbocycles. The summed E-state index contributed by atoms with van der Waals surface area (Å²) in [6.45, 7) is 11.5. The fourth-order valence-corrected chi connectivity index (χ4v) is 5.92. The number of ether oxygens (including phenoxy) is 2. The van der Waals surface area contributed by atoms with Gasteiger partial charge in [0.2, 0.25) is 0 Å². The molecule has 0 bridgehead atoms. The molecule has 4 heterocycles. The van der Waals surface area contributed by atoms with Crippen LogP contribution in [0.2, 0.25) is 0 Å². The average molecular weight is 595 g/mol. The zero-order valence-corrected chi connectivity index (χ0v) is 25.7. The lowest BCUT2D eigenvalue weighted by Gasteiger charge is -2.28. The van der Waals surface area contributed by atoms with Gasteiger partial charge in [-0.1, -0.05) is 18.2 Å². The van der Waals surface area contributed by atoms with Crippen molar-refractivity contribution in [2.45, 2.75) is 66.1 Å². The molecule has 0 spiro atoms. The number of pyridine rings is 1. The van der Waals surface area contributed by atoms with Gasteiger partial charge in [-0.25, -0.2) is 18.7 Å². The summed E-state index contributed by atoms with van der Waals surface area (Å²) in [7, 11) is 0. The Bertz CT molecular complexity index is 1920. The van der Waals surface area contributed by atoms with E-state index in [1.54, 1.807) is 38.4 Å². The molecule has 0 unspecified atom stereocenters. The number of aryl methyl sites for hydroxylation is 2. The number of hydrogen-bond acceptors (Lipinski definition) is 6. The zero-order chi connectivity index (χ0) is 31.3. The van der Waals surface area contributed by atoms with Crippen LogP contribution in [0, 0.1) is 26.6 Å². The van der Waals surface area contributed by atoms with Crippen molar-refractivity contribution in [3.63, 3.8) is 0 Å². The van der Waals surface area contributed by atoms with E-state index in [4.69, 9.17) is 19.6 Å². The Kier molecular flexibility index (Phi) is 7.45. The fraction of sp³-hybridized carbons (Fsp3) is 0.314. The fourth-order valence-electron chi connectivity index (χ4n) is 5.92. The SMILES string of the molecule is Cc1cc(-c2cccc(-c3cc4nc(C)c([C@H](OC(C)(C)C)C(=O)O)c(-c5cc(F)c6c(c5C)CCCO6)n4n3)c2)ccn1. The van der Waals surface area contributed by atoms with E-state index in [-0.39, 0.29) is 5.75 Å². The van der Waals surface area contributed by atoms with E-state index in [0.29, 0.717) is 46.9 Å². The Balaban J connectivity index is 1.62. The Morgan fingerprint density at radius 3 is 2.55 bits per heavy atom. The van der Waals surface area contributed by atoms with Gasteiger partial charge in [0.1, 0.15) is 0 Å². The number of aliphatic carboxylic acids is 1. The summed E-state index contributed by atoms with van der Waals surface area (Å²) < 4.78 is 29.1. The van der Waals surface area contributed by atoms with Crippen molar-refractivity contribution in [3.05, 3.63) is 88.6 Å². The van der Waals surface area contributed by atoms with Gasteiger partial charge >= 0.3 is 5.97 Å². The van der Waals surface area contributed by atoms with E-state index in [9.17, 15) is 9.90 Å². The van der Waals surface area contributed by atoms with Gasteiger partial charge in [0.15, 0.2) is 23.3 Å². The number of carbonyl (C=O) groups is 1. The van der Waals surface area contributed by atoms with Crippen molar-refractivity contribution in [1.29, 1.82) is 0 Å². The van der Waals surface area contributed by atoms with Crippen LogP contribution in [0.15, 0.2) is 54.7 Å². The molecule has 1 aliphatic rings. The van der Waals surface area contributed by atoms with E-state index in [1.165, 1.54) is 6.07 Å². The van der Waals surface area contributed by atoms with Crippen LogP contribution in [0.25, 0.3) is 39.3 Å². The standard InChI is InChI=1S/C35H35FN4O4/c1-19-15-23(12-13-37-19)22-9-7-10-24(16-22)28-18-29-38-21(3)30(33(34(41)42)44-35(4,5)6)31(40(29)39-28)26-17-27(36)32-25(20(26)2)11-8-14-43-32/h7,9-10,12-13,15-18,33H,8,11,14H2,1-6H3,(H,41,42)/t33-/m0/s1. The second-order valence-corrected chi connectivity index (χ2v) is 12.3. The van der Waals surface area contributed by atoms with Crippen LogP contribution >= 0.6 is 0 Å². The topological polar surface area (TPSA) is 98.8 Å². The summed E-state index contributed by atoms with van der Waals surface area (Å²) in [4.78, 5) is 21.9. The lowest BCUT2D eigenvalue weighted by molar-refractivity contribution is -0.160. The number of halogens is 1. The first kappa shape index (κ1) is 29.4. The minimum Gasteiger partial charge on any atom is -0.490 e. The molecule has 8 nitrogen and oxygen atoms in total. The predicted molar refractivity (Wildman–Crippen MR) is 166 cm³/mol. The summed E-state index contributed by atoms with van der Waals surface area (Å²) in [6.07, 6.45) is 1.83. The van der Waals surface area contributed by atoms with Gasteiger partial charge in [-0.15, -0.1) is 0 Å². The molecule has 3 aromatic heterocycles. The van der Waals surface area contributed by atoms with Crippen molar-refractivity contribution in [2.75, 3.05) is 6.61 Å². The number of carboxylic acid groups (broad SMARTS) is 1. The Labute approximate surface area is 255 Å². The van der Waals surface area contributed by atoms with Crippen LogP contribution in [-0.4, -0.2) is 42.9 Å². The van der Waals surface area contributed by atoms with Gasteiger partial charge in [-0.3, -0.25) is 4.98 Å². The molecule has 0 amide bonds. The molecule has 226 valence electrons. The second kappa shape index (κ2) is 11.1. The molecule has 2 aromatic carbocycles. The second-order valence-electron chi connectivity index (χ2n) is 12.3. The summed E-state index contributed by atoms with van der Waals surface area (Å²) >= 11 is 0. The summed E-state index contributed by atoms with van der Waals surface area (Å²) in [5, 5.41) is 15.4. The van der Waals surface area contributed by atoms with Gasteiger partial charge in [0, 0.05) is 45.9 Å². The predicted octanol–water partition coefficient (Wildman–Crippen LogP) is 7.46. The van der Waals surface area contributed by atoms with Crippen LogP contribution in [0.3, 0.4) is 0 Å². The van der Waals surface area contributed by atoms with E-state index < -0.39 is 23.5 Å². The summed E-state index contributed by atoms with van der Waals surface area (Å²) in [5.41, 5.74) is 7.51. The molecule has 0 fully saturated rings. The van der Waals surface area contributed by atoms with Crippen LogP contribution in [0.4, 0.5) is 4.39 Å². The molecule has 44 heavy (non-hydrogen) atoms. The van der Waals surface area contributed by atoms with Crippen molar-refractivity contribution in [2.24, 2.45) is 0 Å². The van der Waals surface area contributed by atoms with Gasteiger partial charge < -0.3 is 14.6 Å². The first-order chi connectivity index (χ1) is 20.9. The number of rotatable bonds is 6.